The van der Waals surface area contributed by atoms with Crippen molar-refractivity contribution >= 4 is 10.8 Å². The summed E-state index contributed by atoms with van der Waals surface area (Å²) in [7, 11) is 0. The number of benzene rings is 2. The van der Waals surface area contributed by atoms with Crippen molar-refractivity contribution in [3.63, 3.8) is 0 Å². The SMILES string of the molecule is CCOc1cc(OCC)c2ccccc2c1OCC. The molecule has 0 radical (unpaired) electrons. The Labute approximate surface area is 114 Å². The quantitative estimate of drug-likeness (QED) is 0.784. The molecule has 0 aliphatic heterocycles. The van der Waals surface area contributed by atoms with Crippen molar-refractivity contribution in [2.45, 2.75) is 20.8 Å². The smallest absolute Gasteiger partial charge is 0.169 e. The van der Waals surface area contributed by atoms with Crippen LogP contribution in [0.3, 0.4) is 0 Å². The van der Waals surface area contributed by atoms with Gasteiger partial charge in [-0.2, -0.15) is 0 Å². The van der Waals surface area contributed by atoms with Crippen LogP contribution in [0.15, 0.2) is 30.3 Å². The molecule has 0 unspecified atom stereocenters. The van der Waals surface area contributed by atoms with Crippen LogP contribution in [0.25, 0.3) is 10.8 Å². The predicted octanol–water partition coefficient (Wildman–Crippen LogP) is 4.04. The third kappa shape index (κ3) is 2.75. The van der Waals surface area contributed by atoms with E-state index in [1.54, 1.807) is 0 Å². The topological polar surface area (TPSA) is 27.7 Å². The zero-order valence-electron chi connectivity index (χ0n) is 11.7. The summed E-state index contributed by atoms with van der Waals surface area (Å²) in [4.78, 5) is 0. The first-order valence-electron chi connectivity index (χ1n) is 6.75. The fourth-order valence-corrected chi connectivity index (χ4v) is 2.12. The minimum atomic E-state index is 0.601. The van der Waals surface area contributed by atoms with Crippen molar-refractivity contribution in [1.82, 2.24) is 0 Å². The molecule has 3 nitrogen and oxygen atoms in total. The van der Waals surface area contributed by atoms with Crippen LogP contribution in [0.4, 0.5) is 0 Å². The lowest BCUT2D eigenvalue weighted by Gasteiger charge is -2.16. The monoisotopic (exact) mass is 260 g/mol. The number of hydrogen-bond donors (Lipinski definition) is 0. The maximum Gasteiger partial charge on any atom is 0.169 e. The Morgan fingerprint density at radius 1 is 0.737 bits per heavy atom. The van der Waals surface area contributed by atoms with Crippen LogP contribution < -0.4 is 14.2 Å². The fourth-order valence-electron chi connectivity index (χ4n) is 2.12. The van der Waals surface area contributed by atoms with Gasteiger partial charge in [-0.05, 0) is 20.8 Å². The molecular formula is C16H20O3. The highest BCUT2D eigenvalue weighted by atomic mass is 16.5. The maximum atomic E-state index is 5.76. The molecule has 0 amide bonds. The van der Waals surface area contributed by atoms with Gasteiger partial charge in [0.2, 0.25) is 0 Å². The minimum Gasteiger partial charge on any atom is -0.493 e. The van der Waals surface area contributed by atoms with E-state index in [1.807, 2.05) is 51.1 Å². The largest absolute Gasteiger partial charge is 0.493 e. The number of rotatable bonds is 6. The van der Waals surface area contributed by atoms with Crippen LogP contribution in [0.5, 0.6) is 17.2 Å². The molecule has 2 rings (SSSR count). The van der Waals surface area contributed by atoms with Gasteiger partial charge in [-0.25, -0.2) is 0 Å². The zero-order chi connectivity index (χ0) is 13.7. The second-order valence-corrected chi connectivity index (χ2v) is 4.05. The lowest BCUT2D eigenvalue weighted by molar-refractivity contribution is 0.286. The maximum absolute atomic E-state index is 5.76. The van der Waals surface area contributed by atoms with Crippen molar-refractivity contribution in [2.24, 2.45) is 0 Å². The molecule has 19 heavy (non-hydrogen) atoms. The first kappa shape index (κ1) is 13.5. The van der Waals surface area contributed by atoms with E-state index in [2.05, 4.69) is 0 Å². The van der Waals surface area contributed by atoms with Gasteiger partial charge in [-0.1, -0.05) is 24.3 Å². The average molecular weight is 260 g/mol. The van der Waals surface area contributed by atoms with E-state index in [1.165, 1.54) is 0 Å². The summed E-state index contributed by atoms with van der Waals surface area (Å²) >= 11 is 0. The van der Waals surface area contributed by atoms with E-state index in [-0.39, 0.29) is 0 Å². The second kappa shape index (κ2) is 6.32. The van der Waals surface area contributed by atoms with Crippen molar-refractivity contribution in [3.8, 4) is 17.2 Å². The lowest BCUT2D eigenvalue weighted by atomic mass is 10.1. The molecule has 2 aromatic carbocycles. The van der Waals surface area contributed by atoms with Gasteiger partial charge >= 0.3 is 0 Å². The highest BCUT2D eigenvalue weighted by Gasteiger charge is 2.14. The van der Waals surface area contributed by atoms with Crippen LogP contribution >= 0.6 is 0 Å². The van der Waals surface area contributed by atoms with Gasteiger partial charge in [0.15, 0.2) is 11.5 Å². The summed E-state index contributed by atoms with van der Waals surface area (Å²) in [5.41, 5.74) is 0. The predicted molar refractivity (Wildman–Crippen MR) is 77.5 cm³/mol. The van der Waals surface area contributed by atoms with Crippen molar-refractivity contribution in [3.05, 3.63) is 30.3 Å². The molecule has 0 bridgehead atoms. The third-order valence-electron chi connectivity index (χ3n) is 2.81. The molecule has 2 aromatic rings. The molecule has 0 N–H and O–H groups in total. The van der Waals surface area contributed by atoms with E-state index < -0.39 is 0 Å². The molecule has 0 aliphatic rings. The minimum absolute atomic E-state index is 0.601. The van der Waals surface area contributed by atoms with Gasteiger partial charge in [0.05, 0.1) is 19.8 Å². The fraction of sp³-hybridized carbons (Fsp3) is 0.375. The number of hydrogen-bond acceptors (Lipinski definition) is 3. The van der Waals surface area contributed by atoms with Crippen LogP contribution in [0, 0.1) is 0 Å². The van der Waals surface area contributed by atoms with E-state index in [4.69, 9.17) is 14.2 Å². The molecule has 0 saturated carbocycles. The number of ether oxygens (including phenoxy) is 3. The van der Waals surface area contributed by atoms with Crippen LogP contribution in [0.1, 0.15) is 20.8 Å². The summed E-state index contributed by atoms with van der Waals surface area (Å²) in [5, 5.41) is 2.08. The van der Waals surface area contributed by atoms with Gasteiger partial charge in [-0.15, -0.1) is 0 Å². The van der Waals surface area contributed by atoms with Gasteiger partial charge in [0.25, 0.3) is 0 Å². The third-order valence-corrected chi connectivity index (χ3v) is 2.81. The zero-order valence-corrected chi connectivity index (χ0v) is 11.7. The molecule has 0 fully saturated rings. The van der Waals surface area contributed by atoms with Gasteiger partial charge in [0, 0.05) is 16.8 Å². The average Bonchev–Trinajstić information content (AvgIpc) is 2.43. The normalized spacial score (nSPS) is 10.5. The molecular weight excluding hydrogens is 240 g/mol. The summed E-state index contributed by atoms with van der Waals surface area (Å²) < 4.78 is 17.1. The molecule has 0 aromatic heterocycles. The van der Waals surface area contributed by atoms with Gasteiger partial charge in [-0.3, -0.25) is 0 Å². The lowest BCUT2D eigenvalue weighted by Crippen LogP contribution is -2.01. The van der Waals surface area contributed by atoms with E-state index in [0.29, 0.717) is 19.8 Å². The Morgan fingerprint density at radius 3 is 1.95 bits per heavy atom. The van der Waals surface area contributed by atoms with Crippen molar-refractivity contribution in [2.75, 3.05) is 19.8 Å². The van der Waals surface area contributed by atoms with Gasteiger partial charge in [0.1, 0.15) is 5.75 Å². The summed E-state index contributed by atoms with van der Waals surface area (Å²) in [6, 6.07) is 9.99. The summed E-state index contributed by atoms with van der Waals surface area (Å²) in [6.07, 6.45) is 0. The Hall–Kier alpha value is -1.90. The number of fused-ring (bicyclic) bond motifs is 1. The molecule has 0 heterocycles. The van der Waals surface area contributed by atoms with Crippen molar-refractivity contribution in [1.29, 1.82) is 0 Å². The molecule has 0 saturated heterocycles. The van der Waals surface area contributed by atoms with Crippen LogP contribution in [-0.4, -0.2) is 19.8 Å². The summed E-state index contributed by atoms with van der Waals surface area (Å²) in [5.74, 6) is 2.37. The molecule has 3 heteroatoms. The van der Waals surface area contributed by atoms with E-state index in [0.717, 1.165) is 28.0 Å². The molecule has 102 valence electrons. The Balaban J connectivity index is 2.66. The van der Waals surface area contributed by atoms with Crippen LogP contribution in [-0.2, 0) is 0 Å². The molecule has 0 spiro atoms. The van der Waals surface area contributed by atoms with Crippen LogP contribution in [0.2, 0.25) is 0 Å². The van der Waals surface area contributed by atoms with E-state index >= 15 is 0 Å². The first-order valence-corrected chi connectivity index (χ1v) is 6.75. The van der Waals surface area contributed by atoms with Gasteiger partial charge < -0.3 is 14.2 Å². The second-order valence-electron chi connectivity index (χ2n) is 4.05. The van der Waals surface area contributed by atoms with E-state index in [9.17, 15) is 0 Å². The Bertz CT molecular complexity index is 549. The Kier molecular flexibility index (Phi) is 4.50. The highest BCUT2D eigenvalue weighted by molar-refractivity contribution is 5.95. The Morgan fingerprint density at radius 2 is 1.32 bits per heavy atom. The molecule has 0 atom stereocenters. The summed E-state index contributed by atoms with van der Waals surface area (Å²) in [6.45, 7) is 7.75. The standard InChI is InChI=1S/C16H20O3/c1-4-17-14-11-15(18-5-2)16(19-6-3)13-10-8-7-9-12(13)14/h7-11H,4-6H2,1-3H3. The highest BCUT2D eigenvalue weighted by Crippen LogP contribution is 2.41. The first-order chi connectivity index (χ1) is 9.31. The molecule has 0 aliphatic carbocycles. The van der Waals surface area contributed by atoms with Crippen molar-refractivity contribution < 1.29 is 14.2 Å².